The zero-order chi connectivity index (χ0) is 17.7. The Bertz CT molecular complexity index is 341. The molecule has 0 amide bonds. The van der Waals surface area contributed by atoms with Crippen molar-refractivity contribution >= 4 is 11.9 Å². The molecule has 132 valence electrons. The molecule has 0 N–H and O–H groups in total. The number of ether oxygens (including phenoxy) is 2. The van der Waals surface area contributed by atoms with E-state index >= 15 is 0 Å². The minimum Gasteiger partial charge on any atom is -0.465 e. The smallest absolute Gasteiger partial charge is 0.465 e. The second kappa shape index (κ2) is 15.8. The molecule has 0 rings (SSSR count). The molecule has 0 aliphatic carbocycles. The largest absolute Gasteiger partial charge is 4.00 e. The molecule has 0 aromatic rings. The second-order valence-electron chi connectivity index (χ2n) is 5.07. The van der Waals surface area contributed by atoms with Crippen molar-refractivity contribution in [3.63, 3.8) is 0 Å². The Morgan fingerprint density at radius 1 is 0.870 bits per heavy atom. The van der Waals surface area contributed by atoms with E-state index in [1.165, 1.54) is 0 Å². The molecular formula is C18H28FeO4. The summed E-state index contributed by atoms with van der Waals surface area (Å²) in [4.78, 5) is 21.6. The molecule has 0 heterocycles. The molecular weight excluding hydrogens is 336 g/mol. The zero-order valence-corrected chi connectivity index (χ0v) is 15.3. The van der Waals surface area contributed by atoms with Crippen LogP contribution in [0.25, 0.3) is 0 Å². The van der Waals surface area contributed by atoms with Crippen LogP contribution in [0.1, 0.15) is 26.7 Å². The van der Waals surface area contributed by atoms with Gasteiger partial charge < -0.3 is 37.2 Å². The van der Waals surface area contributed by atoms with Crippen molar-refractivity contribution in [3.05, 3.63) is 52.0 Å². The number of hydrogen-bond donors (Lipinski definition) is 0. The number of rotatable bonds is 8. The van der Waals surface area contributed by atoms with E-state index in [9.17, 15) is 9.59 Å². The van der Waals surface area contributed by atoms with Crippen LogP contribution in [0.2, 0.25) is 0 Å². The van der Waals surface area contributed by atoms with Crippen LogP contribution in [-0.2, 0) is 36.1 Å². The Kier molecular flexibility index (Phi) is 18.4. The van der Waals surface area contributed by atoms with E-state index in [1.807, 2.05) is 0 Å². The van der Waals surface area contributed by atoms with E-state index in [1.54, 1.807) is 13.8 Å². The van der Waals surface area contributed by atoms with Crippen LogP contribution >= 0.6 is 0 Å². The van der Waals surface area contributed by atoms with E-state index in [-0.39, 0.29) is 40.8 Å². The second-order valence-corrected chi connectivity index (χ2v) is 5.07. The quantitative estimate of drug-likeness (QED) is 0.286. The standard InChI is InChI=1S/2C9H14O2.Fe/c2*1-5-8(4)6-11-9(10)7(2)3;/h2*8H,1-2,4-6H2,3H3;/q2*-2;+4. The Morgan fingerprint density at radius 3 is 1.30 bits per heavy atom. The Labute approximate surface area is 152 Å². The van der Waals surface area contributed by atoms with Crippen LogP contribution in [-0.4, -0.2) is 25.2 Å². The first kappa shape index (κ1) is 26.8. The molecule has 5 heteroatoms. The first-order valence-electron chi connectivity index (χ1n) is 7.05. The van der Waals surface area contributed by atoms with E-state index in [4.69, 9.17) is 9.47 Å². The van der Waals surface area contributed by atoms with Gasteiger partial charge in [-0.25, -0.2) is 22.4 Å². The van der Waals surface area contributed by atoms with Gasteiger partial charge in [-0.05, 0) is 13.8 Å². The summed E-state index contributed by atoms with van der Waals surface area (Å²) in [5, 5.41) is 0. The van der Waals surface area contributed by atoms with Crippen molar-refractivity contribution < 1.29 is 36.1 Å². The SMILES string of the molecule is C=C(C)C(=O)OCC([CH2-])C[CH2-].C=C(C)C(=O)OCC([CH2-])C[CH2-].[Fe+4]. The summed E-state index contributed by atoms with van der Waals surface area (Å²) in [5.41, 5.74) is 0.836. The fourth-order valence-electron chi connectivity index (χ4n) is 0.800. The molecule has 0 bridgehead atoms. The predicted molar refractivity (Wildman–Crippen MR) is 89.2 cm³/mol. The Morgan fingerprint density at radius 2 is 1.13 bits per heavy atom. The fraction of sp³-hybridized carbons (Fsp3) is 0.444. The maximum atomic E-state index is 10.8. The molecule has 0 aromatic heterocycles. The fourth-order valence-corrected chi connectivity index (χ4v) is 0.800. The summed E-state index contributed by atoms with van der Waals surface area (Å²) < 4.78 is 9.63. The van der Waals surface area contributed by atoms with Crippen LogP contribution in [0.3, 0.4) is 0 Å². The molecule has 0 aliphatic rings. The summed E-state index contributed by atoms with van der Waals surface area (Å²) in [6.45, 7) is 25.5. The third-order valence-corrected chi connectivity index (χ3v) is 2.41. The van der Waals surface area contributed by atoms with E-state index in [0.717, 1.165) is 0 Å². The third kappa shape index (κ3) is 17.1. The normalized spacial score (nSPS) is 11.7. The molecule has 23 heavy (non-hydrogen) atoms. The van der Waals surface area contributed by atoms with E-state index in [0.29, 0.717) is 37.2 Å². The molecule has 0 saturated carbocycles. The van der Waals surface area contributed by atoms with Gasteiger partial charge in [0.25, 0.3) is 0 Å². The van der Waals surface area contributed by atoms with Crippen LogP contribution < -0.4 is 0 Å². The topological polar surface area (TPSA) is 52.6 Å². The minimum atomic E-state index is -0.355. The van der Waals surface area contributed by atoms with Gasteiger partial charge in [-0.1, -0.05) is 13.2 Å². The zero-order valence-electron chi connectivity index (χ0n) is 14.2. The van der Waals surface area contributed by atoms with E-state index < -0.39 is 0 Å². The molecule has 0 aromatic carbocycles. The molecule has 2 atom stereocenters. The van der Waals surface area contributed by atoms with Gasteiger partial charge in [-0.3, -0.25) is 0 Å². The van der Waals surface area contributed by atoms with Crippen molar-refractivity contribution in [1.29, 1.82) is 0 Å². The average molecular weight is 364 g/mol. The van der Waals surface area contributed by atoms with Gasteiger partial charge in [0.15, 0.2) is 0 Å². The minimum absolute atomic E-state index is 0. The van der Waals surface area contributed by atoms with Crippen LogP contribution in [0, 0.1) is 39.5 Å². The number of carbonyl (C=O) groups is 2. The Balaban J connectivity index is -0.000000333. The van der Waals surface area contributed by atoms with Crippen molar-refractivity contribution in [2.24, 2.45) is 11.8 Å². The van der Waals surface area contributed by atoms with Gasteiger partial charge >= 0.3 is 29.0 Å². The maximum Gasteiger partial charge on any atom is 4.00 e. The summed E-state index contributed by atoms with van der Waals surface area (Å²) in [5.74, 6) is -0.546. The van der Waals surface area contributed by atoms with Crippen molar-refractivity contribution in [3.8, 4) is 0 Å². The molecule has 0 radical (unpaired) electrons. The molecule has 2 unspecified atom stereocenters. The first-order chi connectivity index (χ1) is 10.1. The van der Waals surface area contributed by atoms with Gasteiger partial charge in [-0.2, -0.15) is 11.8 Å². The molecule has 4 nitrogen and oxygen atoms in total. The van der Waals surface area contributed by atoms with Crippen LogP contribution in [0.5, 0.6) is 0 Å². The first-order valence-corrected chi connectivity index (χ1v) is 7.05. The monoisotopic (exact) mass is 364 g/mol. The summed E-state index contributed by atoms with van der Waals surface area (Å²) in [6.07, 6.45) is 1.34. The summed E-state index contributed by atoms with van der Waals surface area (Å²) in [6, 6.07) is 0. The summed E-state index contributed by atoms with van der Waals surface area (Å²) >= 11 is 0. The van der Waals surface area contributed by atoms with Crippen molar-refractivity contribution in [2.45, 2.75) is 26.7 Å². The summed E-state index contributed by atoms with van der Waals surface area (Å²) in [7, 11) is 0. The molecule has 0 fully saturated rings. The van der Waals surface area contributed by atoms with Gasteiger partial charge in [-0.15, -0.1) is 0 Å². The van der Waals surface area contributed by atoms with E-state index in [2.05, 4.69) is 40.9 Å². The third-order valence-electron chi connectivity index (χ3n) is 2.41. The molecule has 0 spiro atoms. The van der Waals surface area contributed by atoms with Crippen LogP contribution in [0.15, 0.2) is 24.3 Å². The van der Waals surface area contributed by atoms with Crippen LogP contribution in [0.4, 0.5) is 0 Å². The number of hydrogen-bond acceptors (Lipinski definition) is 4. The molecule has 0 saturated heterocycles. The van der Waals surface area contributed by atoms with Gasteiger partial charge in [0.05, 0.1) is 13.2 Å². The predicted octanol–water partition coefficient (Wildman–Crippen LogP) is 3.56. The van der Waals surface area contributed by atoms with Gasteiger partial charge in [0.2, 0.25) is 0 Å². The number of esters is 2. The van der Waals surface area contributed by atoms with Gasteiger partial charge in [0, 0.05) is 11.1 Å². The molecule has 0 aliphatic heterocycles. The van der Waals surface area contributed by atoms with Crippen molar-refractivity contribution in [2.75, 3.05) is 13.2 Å². The van der Waals surface area contributed by atoms with Gasteiger partial charge in [0.1, 0.15) is 0 Å². The Hall–Kier alpha value is -1.06. The number of carbonyl (C=O) groups excluding carboxylic acids is 2. The average Bonchev–Trinajstić information content (AvgIpc) is 2.49. The van der Waals surface area contributed by atoms with Crippen molar-refractivity contribution in [1.82, 2.24) is 0 Å². The maximum absolute atomic E-state index is 10.8.